The van der Waals surface area contributed by atoms with E-state index in [2.05, 4.69) is 123 Å². The Bertz CT molecular complexity index is 4510. The number of hydrogen-bond donors (Lipinski definition) is 0. The van der Waals surface area contributed by atoms with Crippen LogP contribution in [0.5, 0.6) is 0 Å². The molecule has 19 heteroatoms. The summed E-state index contributed by atoms with van der Waals surface area (Å²) in [6, 6.07) is 48.5. The molecule has 3 amide bonds. The monoisotopic (exact) mass is 1480 g/mol. The summed E-state index contributed by atoms with van der Waals surface area (Å²) in [5.74, 6) is -0.628. The van der Waals surface area contributed by atoms with Gasteiger partial charge in [-0.25, -0.2) is 23.7 Å². The van der Waals surface area contributed by atoms with Crippen LogP contribution in [0.2, 0.25) is 25.5 Å². The lowest BCUT2D eigenvalue weighted by Gasteiger charge is -2.39. The molecule has 15 rings (SSSR count). The van der Waals surface area contributed by atoms with Crippen LogP contribution >= 0.6 is 58.0 Å². The van der Waals surface area contributed by atoms with Crippen LogP contribution in [0.4, 0.5) is 25.8 Å². The molecule has 0 saturated carbocycles. The smallest absolute Gasteiger partial charge is 0.258 e. The Morgan fingerprint density at radius 2 is 0.728 bits per heavy atom. The number of hydrogen-bond acceptors (Lipinski definition) is 9. The number of carbonyl (C=O) groups is 3. The number of likely N-dealkylation sites (tertiary alicyclic amines) is 3. The van der Waals surface area contributed by atoms with E-state index >= 15 is 0 Å². The summed E-state index contributed by atoms with van der Waals surface area (Å²) < 4.78 is 27.1. The van der Waals surface area contributed by atoms with E-state index in [9.17, 15) is 23.2 Å². The number of benzene rings is 6. The molecule has 0 bridgehead atoms. The number of fused-ring (bicyclic) bond motifs is 6. The van der Waals surface area contributed by atoms with Gasteiger partial charge < -0.3 is 14.7 Å². The molecule has 3 spiro atoms. The van der Waals surface area contributed by atoms with Crippen molar-refractivity contribution >= 4 is 111 Å². The predicted octanol–water partition coefficient (Wildman–Crippen LogP) is 18.8. The zero-order valence-corrected chi connectivity index (χ0v) is 61.6. The predicted molar refractivity (Wildman–Crippen MR) is 415 cm³/mol. The SMILES string of the molecule is Cc1ccc2c(c1)C1(CCN(C/C=C/c3ccc(Cl)cc3)CC1)CN2C(=O)c1ccnc(Cl)c1.Cc1ccc2c(c1)C1(CCN(C/C=C/c3ccc(Cl)cc3F)CC1)CN2C(=O)c1ccnc(Cl)c1.Cc1ccc2c(c1)C1(CCN(C/C=C/c3ccc(F)cc3)CC1)CN2C(=O)c1ccnc(Cl)c1. The molecular formula is C84H80Cl5F2N9O3. The van der Waals surface area contributed by atoms with Gasteiger partial charge >= 0.3 is 0 Å². The third-order valence-corrected chi connectivity index (χ3v) is 22.3. The number of carbonyl (C=O) groups excluding carboxylic acids is 3. The number of halogens is 7. The normalized spacial score (nSPS) is 17.4. The quantitative estimate of drug-likeness (QED) is 0.110. The molecule has 6 aliphatic heterocycles. The van der Waals surface area contributed by atoms with Crippen molar-refractivity contribution < 1.29 is 23.2 Å². The first kappa shape index (κ1) is 72.9. The lowest BCUT2D eigenvalue weighted by atomic mass is 9.74. The molecule has 12 nitrogen and oxygen atoms in total. The first-order valence-electron chi connectivity index (χ1n) is 35.0. The fraction of sp³-hybridized carbons (Fsp3) is 0.286. The highest BCUT2D eigenvalue weighted by Crippen LogP contribution is 2.51. The van der Waals surface area contributed by atoms with Crippen LogP contribution in [0, 0.1) is 32.4 Å². The van der Waals surface area contributed by atoms with Gasteiger partial charge in [0.25, 0.3) is 17.7 Å². The number of piperidine rings is 3. The molecule has 0 unspecified atom stereocenters. The van der Waals surface area contributed by atoms with E-state index in [1.165, 1.54) is 51.6 Å². The Hall–Kier alpha value is -8.41. The molecule has 3 aromatic heterocycles. The van der Waals surface area contributed by atoms with Gasteiger partial charge in [0.2, 0.25) is 0 Å². The maximum atomic E-state index is 14.0. The van der Waals surface area contributed by atoms with Crippen molar-refractivity contribution in [1.82, 2.24) is 29.7 Å². The summed E-state index contributed by atoms with van der Waals surface area (Å²) in [5, 5.41) is 2.13. The van der Waals surface area contributed by atoms with Crippen LogP contribution in [0.25, 0.3) is 18.2 Å². The van der Waals surface area contributed by atoms with Gasteiger partial charge in [-0.15, -0.1) is 0 Å². The molecule has 0 radical (unpaired) electrons. The number of amides is 3. The standard InChI is InChI=1S/C28H26Cl2FN3O.C28H27Cl2N3O.C28H27ClFN3O/c1-19-4-7-25-23(15-19)28(18-34(25)27(35)21-8-11-32-26(30)16-21)9-13-33(14-10-28)12-2-3-20-5-6-22(29)17-24(20)31;1-20-4-9-25-24(17-20)28(19-33(25)27(34)22-10-13-31-26(30)18-22)11-15-32(16-12-28)14-2-3-21-5-7-23(29)8-6-21;1-20-4-9-25-24(17-20)28(19-33(25)27(34)22-10-13-31-26(29)18-22)11-15-32(16-12-28)14-2-3-21-5-7-23(30)8-6-21/h2-8,11,15-17H,9-10,12-14,18H2,1H3;2*2-10,13,17-18H,11-12,14-16,19H2,1H3/b3*3-2+. The summed E-state index contributed by atoms with van der Waals surface area (Å²) in [6.07, 6.45) is 23.0. The van der Waals surface area contributed by atoms with Gasteiger partial charge in [0, 0.05) is 123 Å². The molecule has 6 aliphatic rings. The molecule has 9 heterocycles. The molecule has 0 N–H and O–H groups in total. The van der Waals surface area contributed by atoms with Crippen LogP contribution in [-0.4, -0.2) is 126 Å². The molecule has 3 fully saturated rings. The summed E-state index contributed by atoms with van der Waals surface area (Å²) >= 11 is 30.0. The number of aryl methyl sites for hydroxylation is 3. The molecule has 9 aromatic rings. The average molecular weight is 1480 g/mol. The second-order valence-corrected chi connectivity index (χ2v) is 30.1. The zero-order valence-electron chi connectivity index (χ0n) is 57.8. The number of anilines is 3. The zero-order chi connectivity index (χ0) is 72.0. The second kappa shape index (κ2) is 31.9. The van der Waals surface area contributed by atoms with Crippen molar-refractivity contribution in [3.63, 3.8) is 0 Å². The van der Waals surface area contributed by atoms with Crippen molar-refractivity contribution in [2.75, 3.05) is 93.2 Å². The van der Waals surface area contributed by atoms with Gasteiger partial charge in [0.05, 0.1) is 0 Å². The number of nitrogens with zero attached hydrogens (tertiary/aromatic N) is 9. The maximum Gasteiger partial charge on any atom is 0.258 e. The van der Waals surface area contributed by atoms with Crippen molar-refractivity contribution in [3.05, 3.63) is 298 Å². The Morgan fingerprint density at radius 3 is 1.07 bits per heavy atom. The fourth-order valence-corrected chi connectivity index (χ4v) is 16.3. The van der Waals surface area contributed by atoms with E-state index in [1.54, 1.807) is 79.3 Å². The summed E-state index contributed by atoms with van der Waals surface area (Å²) in [4.78, 5) is 65.4. The number of rotatable bonds is 12. The topological polar surface area (TPSA) is 109 Å². The minimum atomic E-state index is -0.315. The van der Waals surface area contributed by atoms with E-state index in [0.29, 0.717) is 62.4 Å². The van der Waals surface area contributed by atoms with Crippen molar-refractivity contribution in [3.8, 4) is 0 Å². The lowest BCUT2D eigenvalue weighted by Crippen LogP contribution is -2.46. The van der Waals surface area contributed by atoms with Gasteiger partial charge in [0.15, 0.2) is 0 Å². The van der Waals surface area contributed by atoms with Crippen LogP contribution in [0.15, 0.2) is 195 Å². The van der Waals surface area contributed by atoms with Gasteiger partial charge in [-0.2, -0.15) is 0 Å². The van der Waals surface area contributed by atoms with Gasteiger partial charge in [-0.05, 0) is 217 Å². The first-order chi connectivity index (χ1) is 49.7. The van der Waals surface area contributed by atoms with Crippen molar-refractivity contribution in [2.45, 2.75) is 75.5 Å². The molecule has 6 aromatic carbocycles. The summed E-state index contributed by atoms with van der Waals surface area (Å²) in [6.45, 7) is 16.6. The Balaban J connectivity index is 0.000000138. The van der Waals surface area contributed by atoms with E-state index < -0.39 is 0 Å². The van der Waals surface area contributed by atoms with Crippen molar-refractivity contribution in [1.29, 1.82) is 0 Å². The molecule has 0 aliphatic carbocycles. The highest BCUT2D eigenvalue weighted by atomic mass is 35.5. The number of pyridine rings is 3. The van der Waals surface area contributed by atoms with Crippen LogP contribution in [0.1, 0.15) is 120 Å². The van der Waals surface area contributed by atoms with Crippen LogP contribution in [-0.2, 0) is 16.2 Å². The van der Waals surface area contributed by atoms with Crippen LogP contribution in [0.3, 0.4) is 0 Å². The largest absolute Gasteiger partial charge is 0.307 e. The molecule has 103 heavy (non-hydrogen) atoms. The fourth-order valence-electron chi connectivity index (χ4n) is 15.5. The highest BCUT2D eigenvalue weighted by molar-refractivity contribution is 6.31. The Labute approximate surface area is 626 Å². The van der Waals surface area contributed by atoms with Gasteiger partial charge in [0.1, 0.15) is 27.1 Å². The summed E-state index contributed by atoms with van der Waals surface area (Å²) in [7, 11) is 0. The third kappa shape index (κ3) is 16.7. The van der Waals surface area contributed by atoms with E-state index in [1.807, 2.05) is 57.2 Å². The van der Waals surface area contributed by atoms with E-state index in [0.717, 1.165) is 131 Å². The third-order valence-electron chi connectivity index (χ3n) is 21.2. The van der Waals surface area contributed by atoms with Crippen molar-refractivity contribution in [2.24, 2.45) is 0 Å². The minimum Gasteiger partial charge on any atom is -0.307 e. The first-order valence-corrected chi connectivity index (χ1v) is 36.9. The Morgan fingerprint density at radius 1 is 0.398 bits per heavy atom. The molecule has 528 valence electrons. The highest BCUT2D eigenvalue weighted by Gasteiger charge is 2.49. The minimum absolute atomic E-state index is 0.00969. The maximum absolute atomic E-state index is 14.0. The number of aromatic nitrogens is 3. The molecule has 0 atom stereocenters. The van der Waals surface area contributed by atoms with Gasteiger partial charge in [-0.3, -0.25) is 29.1 Å². The molecule has 3 saturated heterocycles. The second-order valence-electron chi connectivity index (χ2n) is 28.1. The lowest BCUT2D eigenvalue weighted by molar-refractivity contribution is 0.0970. The van der Waals surface area contributed by atoms with Crippen LogP contribution < -0.4 is 14.7 Å². The van der Waals surface area contributed by atoms with E-state index in [-0.39, 0.29) is 45.6 Å². The Kier molecular flexibility index (Phi) is 22.6. The van der Waals surface area contributed by atoms with Gasteiger partial charge in [-0.1, -0.05) is 178 Å². The average Bonchev–Trinajstić information content (AvgIpc) is 1.60. The van der Waals surface area contributed by atoms with E-state index in [4.69, 9.17) is 58.0 Å². The summed E-state index contributed by atoms with van der Waals surface area (Å²) in [5.41, 5.74) is 14.8. The molecular weight excluding hydrogens is 1400 g/mol.